The normalized spacial score (nSPS) is 16.6. The third kappa shape index (κ3) is 4.01. The van der Waals surface area contributed by atoms with E-state index in [0.717, 1.165) is 37.4 Å². The minimum Gasteiger partial charge on any atom is -0.387 e. The Morgan fingerprint density at radius 2 is 2.05 bits per heavy atom. The number of amides is 1. The zero-order valence-corrected chi connectivity index (χ0v) is 11.4. The van der Waals surface area contributed by atoms with E-state index in [1.54, 1.807) is 4.90 Å². The van der Waals surface area contributed by atoms with E-state index in [1.165, 1.54) is 0 Å². The Morgan fingerprint density at radius 3 is 2.68 bits per heavy atom. The molecule has 2 heterocycles. The second kappa shape index (κ2) is 6.63. The number of hydrogen-bond donors (Lipinski definition) is 1. The van der Waals surface area contributed by atoms with Crippen molar-refractivity contribution in [2.24, 2.45) is 0 Å². The van der Waals surface area contributed by atoms with Gasteiger partial charge in [0.05, 0.1) is 0 Å². The minimum absolute atomic E-state index is 0.167. The molecule has 0 spiro atoms. The molecule has 0 aliphatic carbocycles. The quantitative estimate of drug-likeness (QED) is 0.835. The molecular formula is C14H21N3O2. The monoisotopic (exact) mass is 263 g/mol. The summed E-state index contributed by atoms with van der Waals surface area (Å²) in [5.41, 5.74) is 2.17. The number of carbonyl (C=O) groups is 1. The van der Waals surface area contributed by atoms with Crippen molar-refractivity contribution in [1.29, 1.82) is 0 Å². The Hall–Kier alpha value is -1.46. The maximum Gasteiger partial charge on any atom is 0.248 e. The zero-order chi connectivity index (χ0) is 13.7. The molecule has 1 aliphatic rings. The van der Waals surface area contributed by atoms with Crippen LogP contribution in [0.4, 0.5) is 0 Å². The van der Waals surface area contributed by atoms with E-state index in [4.69, 9.17) is 5.11 Å². The van der Waals surface area contributed by atoms with Gasteiger partial charge in [-0.25, -0.2) is 0 Å². The van der Waals surface area contributed by atoms with Gasteiger partial charge >= 0.3 is 0 Å². The van der Waals surface area contributed by atoms with E-state index in [2.05, 4.69) is 16.0 Å². The van der Waals surface area contributed by atoms with Crippen LogP contribution in [0.25, 0.3) is 0 Å². The molecular weight excluding hydrogens is 242 g/mol. The Labute approximate surface area is 113 Å². The number of aliphatic hydroxyl groups is 1. The summed E-state index contributed by atoms with van der Waals surface area (Å²) < 4.78 is 0. The van der Waals surface area contributed by atoms with Gasteiger partial charge in [0.2, 0.25) is 5.91 Å². The fourth-order valence-electron chi connectivity index (χ4n) is 2.33. The fraction of sp³-hybridized carbons (Fsp3) is 0.571. The van der Waals surface area contributed by atoms with Crippen molar-refractivity contribution < 1.29 is 9.90 Å². The molecule has 0 bridgehead atoms. The van der Waals surface area contributed by atoms with E-state index >= 15 is 0 Å². The Bertz CT molecular complexity index is 428. The van der Waals surface area contributed by atoms with Gasteiger partial charge in [0, 0.05) is 50.5 Å². The molecule has 1 aromatic heterocycles. The van der Waals surface area contributed by atoms with Crippen molar-refractivity contribution in [2.45, 2.75) is 13.3 Å². The first-order valence-corrected chi connectivity index (χ1v) is 6.72. The van der Waals surface area contributed by atoms with Gasteiger partial charge in [0.15, 0.2) is 0 Å². The molecule has 1 saturated heterocycles. The van der Waals surface area contributed by atoms with Crippen molar-refractivity contribution in [3.63, 3.8) is 0 Å². The number of nitrogens with zero attached hydrogens (tertiary/aromatic N) is 3. The lowest BCUT2D eigenvalue weighted by Crippen LogP contribution is -2.49. The van der Waals surface area contributed by atoms with Gasteiger partial charge in [-0.1, -0.05) is 6.07 Å². The molecule has 1 N–H and O–H groups in total. The molecule has 19 heavy (non-hydrogen) atoms. The predicted octanol–water partition coefficient (Wildman–Crippen LogP) is 0.0690. The molecule has 1 amide bonds. The van der Waals surface area contributed by atoms with Crippen molar-refractivity contribution in [3.8, 4) is 0 Å². The summed E-state index contributed by atoms with van der Waals surface area (Å²) in [6.45, 7) is 5.75. The number of aromatic nitrogens is 1. The summed E-state index contributed by atoms with van der Waals surface area (Å²) >= 11 is 0. The van der Waals surface area contributed by atoms with Crippen LogP contribution in [-0.2, 0) is 11.2 Å². The first-order chi connectivity index (χ1) is 9.19. The molecule has 5 nitrogen and oxygen atoms in total. The largest absolute Gasteiger partial charge is 0.387 e. The average Bonchev–Trinajstić information content (AvgIpc) is 2.45. The highest BCUT2D eigenvalue weighted by Gasteiger charge is 2.19. The van der Waals surface area contributed by atoms with Crippen molar-refractivity contribution in [2.75, 3.05) is 39.3 Å². The third-order valence-electron chi connectivity index (χ3n) is 3.49. The summed E-state index contributed by atoms with van der Waals surface area (Å²) in [5.74, 6) is -0.167. The second-order valence-electron chi connectivity index (χ2n) is 4.90. The van der Waals surface area contributed by atoms with Crippen LogP contribution in [0, 0.1) is 6.92 Å². The molecule has 0 aromatic carbocycles. The van der Waals surface area contributed by atoms with Gasteiger partial charge in [-0.3, -0.25) is 14.7 Å². The van der Waals surface area contributed by atoms with E-state index in [1.807, 2.05) is 19.1 Å². The lowest BCUT2D eigenvalue weighted by atomic mass is 10.2. The smallest absolute Gasteiger partial charge is 0.248 e. The number of rotatable bonds is 4. The maximum atomic E-state index is 11.3. The van der Waals surface area contributed by atoms with Gasteiger partial charge < -0.3 is 10.0 Å². The highest BCUT2D eigenvalue weighted by Crippen LogP contribution is 2.05. The van der Waals surface area contributed by atoms with Crippen molar-refractivity contribution >= 4 is 5.91 Å². The molecule has 1 aromatic rings. The predicted molar refractivity (Wildman–Crippen MR) is 72.8 cm³/mol. The highest BCUT2D eigenvalue weighted by molar-refractivity contribution is 5.77. The maximum absolute atomic E-state index is 11.3. The molecule has 0 atom stereocenters. The zero-order valence-electron chi connectivity index (χ0n) is 11.4. The Morgan fingerprint density at radius 1 is 1.32 bits per heavy atom. The summed E-state index contributed by atoms with van der Waals surface area (Å²) in [5, 5.41) is 8.82. The Balaban J connectivity index is 1.75. The van der Waals surface area contributed by atoms with Gasteiger partial charge in [-0.2, -0.15) is 0 Å². The lowest BCUT2D eigenvalue weighted by molar-refractivity contribution is -0.135. The Kier molecular flexibility index (Phi) is 4.87. The van der Waals surface area contributed by atoms with Crippen LogP contribution in [0.5, 0.6) is 0 Å². The number of piperazine rings is 1. The van der Waals surface area contributed by atoms with Crippen LogP contribution in [-0.4, -0.2) is 65.1 Å². The van der Waals surface area contributed by atoms with Gasteiger partial charge in [-0.15, -0.1) is 0 Å². The SMILES string of the molecule is Cc1cccc(CCN2CCN(C(=O)CO)CC2)n1. The summed E-state index contributed by atoms with van der Waals surface area (Å²) in [6.07, 6.45) is 0.940. The molecule has 5 heteroatoms. The van der Waals surface area contributed by atoms with Gasteiger partial charge in [0.25, 0.3) is 0 Å². The van der Waals surface area contributed by atoms with Crippen LogP contribution >= 0.6 is 0 Å². The number of aliphatic hydroxyl groups excluding tert-OH is 1. The number of aryl methyl sites for hydroxylation is 1. The summed E-state index contributed by atoms with van der Waals surface area (Å²) in [7, 11) is 0. The first kappa shape index (κ1) is 14.0. The van der Waals surface area contributed by atoms with E-state index in [9.17, 15) is 4.79 Å². The van der Waals surface area contributed by atoms with Crippen molar-refractivity contribution in [3.05, 3.63) is 29.6 Å². The van der Waals surface area contributed by atoms with Crippen LogP contribution in [0.3, 0.4) is 0 Å². The fourth-order valence-corrected chi connectivity index (χ4v) is 2.33. The number of hydrogen-bond acceptors (Lipinski definition) is 4. The lowest BCUT2D eigenvalue weighted by Gasteiger charge is -2.34. The second-order valence-corrected chi connectivity index (χ2v) is 4.90. The van der Waals surface area contributed by atoms with Crippen molar-refractivity contribution in [1.82, 2.24) is 14.8 Å². The van der Waals surface area contributed by atoms with E-state index in [0.29, 0.717) is 13.1 Å². The molecule has 104 valence electrons. The summed E-state index contributed by atoms with van der Waals surface area (Å²) in [4.78, 5) is 19.9. The number of carbonyl (C=O) groups excluding carboxylic acids is 1. The molecule has 2 rings (SSSR count). The number of pyridine rings is 1. The topological polar surface area (TPSA) is 56.7 Å². The average molecular weight is 263 g/mol. The molecule has 0 saturated carbocycles. The van der Waals surface area contributed by atoms with Crippen LogP contribution in [0.15, 0.2) is 18.2 Å². The molecule has 1 aliphatic heterocycles. The van der Waals surface area contributed by atoms with Gasteiger partial charge in [0.1, 0.15) is 6.61 Å². The standard InChI is InChI=1S/C14H21N3O2/c1-12-3-2-4-13(15-12)5-6-16-7-9-17(10-8-16)14(19)11-18/h2-4,18H,5-11H2,1H3. The molecule has 0 radical (unpaired) electrons. The minimum atomic E-state index is -0.382. The highest BCUT2D eigenvalue weighted by atomic mass is 16.3. The van der Waals surface area contributed by atoms with E-state index in [-0.39, 0.29) is 12.5 Å². The molecule has 0 unspecified atom stereocenters. The van der Waals surface area contributed by atoms with Crippen LogP contribution in [0.1, 0.15) is 11.4 Å². The third-order valence-corrected chi connectivity index (χ3v) is 3.49. The van der Waals surface area contributed by atoms with Crippen LogP contribution in [0.2, 0.25) is 0 Å². The summed E-state index contributed by atoms with van der Waals surface area (Å²) in [6, 6.07) is 6.09. The van der Waals surface area contributed by atoms with E-state index < -0.39 is 0 Å². The molecule has 1 fully saturated rings. The van der Waals surface area contributed by atoms with Gasteiger partial charge in [-0.05, 0) is 19.1 Å². The van der Waals surface area contributed by atoms with Crippen LogP contribution < -0.4 is 0 Å². The first-order valence-electron chi connectivity index (χ1n) is 6.72.